The number of methoxy groups -OCH3 is 1. The van der Waals surface area contributed by atoms with Gasteiger partial charge < -0.3 is 14.5 Å². The summed E-state index contributed by atoms with van der Waals surface area (Å²) < 4.78 is 5.16. The minimum Gasteiger partial charge on any atom is -0.497 e. The Kier molecular flexibility index (Phi) is 7.57. The smallest absolute Gasteiger partial charge is 0.254 e. The van der Waals surface area contributed by atoms with E-state index in [0.717, 1.165) is 18.4 Å². The summed E-state index contributed by atoms with van der Waals surface area (Å²) in [5.74, 6) is 0.550. The number of nitrogens with zero attached hydrogens (tertiary/aromatic N) is 2. The number of piperazine rings is 1. The van der Waals surface area contributed by atoms with Crippen LogP contribution >= 0.6 is 11.8 Å². The Morgan fingerprint density at radius 1 is 1.20 bits per heavy atom. The van der Waals surface area contributed by atoms with E-state index in [4.69, 9.17) is 4.74 Å². The van der Waals surface area contributed by atoms with Crippen molar-refractivity contribution in [3.8, 4) is 5.75 Å². The highest BCUT2D eigenvalue weighted by atomic mass is 32.2. The molecule has 0 saturated carbocycles. The van der Waals surface area contributed by atoms with Crippen molar-refractivity contribution in [1.82, 2.24) is 9.80 Å². The van der Waals surface area contributed by atoms with Crippen molar-refractivity contribution in [2.24, 2.45) is 0 Å². The number of hydrogen-bond acceptors (Lipinski definition) is 4. The van der Waals surface area contributed by atoms with Gasteiger partial charge in [0.2, 0.25) is 5.91 Å². The van der Waals surface area contributed by atoms with E-state index in [1.165, 1.54) is 4.90 Å². The van der Waals surface area contributed by atoms with E-state index in [1.807, 2.05) is 17.2 Å². The van der Waals surface area contributed by atoms with Crippen LogP contribution in [0.25, 0.3) is 0 Å². The Morgan fingerprint density at radius 3 is 2.50 bits per heavy atom. The Labute approximate surface area is 182 Å². The van der Waals surface area contributed by atoms with Gasteiger partial charge in [-0.2, -0.15) is 0 Å². The Bertz CT molecular complexity index is 880. The highest BCUT2D eigenvalue weighted by Gasteiger charge is 2.34. The van der Waals surface area contributed by atoms with E-state index in [1.54, 1.807) is 48.0 Å². The van der Waals surface area contributed by atoms with Crippen LogP contribution in [0.3, 0.4) is 0 Å². The Hall–Kier alpha value is -2.73. The van der Waals surface area contributed by atoms with Gasteiger partial charge in [0.15, 0.2) is 0 Å². The van der Waals surface area contributed by atoms with Gasteiger partial charge in [0, 0.05) is 23.5 Å². The maximum Gasteiger partial charge on any atom is 0.254 e. The first kappa shape index (κ1) is 22.0. The predicted octanol–water partition coefficient (Wildman–Crippen LogP) is 4.24. The first-order chi connectivity index (χ1) is 14.5. The van der Waals surface area contributed by atoms with Crippen LogP contribution in [0.2, 0.25) is 0 Å². The summed E-state index contributed by atoms with van der Waals surface area (Å²) in [7, 11) is 1.59. The molecule has 0 radical (unpaired) electrons. The fourth-order valence-electron chi connectivity index (χ4n) is 3.65. The summed E-state index contributed by atoms with van der Waals surface area (Å²) in [4.78, 5) is 30.8. The Balaban J connectivity index is 1.75. The van der Waals surface area contributed by atoms with Crippen LogP contribution < -0.4 is 4.74 Å². The lowest BCUT2D eigenvalue weighted by Gasteiger charge is -2.41. The number of rotatable bonds is 8. The molecule has 0 bridgehead atoms. The van der Waals surface area contributed by atoms with Crippen LogP contribution in [-0.4, -0.2) is 54.1 Å². The first-order valence-electron chi connectivity index (χ1n) is 10.0. The summed E-state index contributed by atoms with van der Waals surface area (Å²) >= 11 is 1.70. The number of hydrogen-bond donors (Lipinski definition) is 0. The standard InChI is InChI=1S/C24H28N2O3S/c1-4-5-6-20-16-25(24(28)19-9-11-21(29-2)12-10-19)17-23(27)26(20)15-18-7-13-22(30-3)14-8-18/h4,7-14,20H,1,5-6,15-17H2,2-3H3/t20-/m0/s1. The molecule has 2 amide bonds. The SMILES string of the molecule is C=CCC[C@H]1CN(C(=O)c2ccc(OC)cc2)CC(=O)N1Cc1ccc(SC)cc1. The summed E-state index contributed by atoms with van der Waals surface area (Å²) in [5.41, 5.74) is 1.66. The zero-order chi connectivity index (χ0) is 21.5. The molecule has 0 N–H and O–H groups in total. The first-order valence-corrected chi connectivity index (χ1v) is 11.2. The summed E-state index contributed by atoms with van der Waals surface area (Å²) in [5, 5.41) is 0. The lowest BCUT2D eigenvalue weighted by atomic mass is 10.0. The lowest BCUT2D eigenvalue weighted by molar-refractivity contribution is -0.139. The normalized spacial score (nSPS) is 16.5. The molecule has 0 aliphatic carbocycles. The van der Waals surface area contributed by atoms with Crippen LogP contribution in [0.5, 0.6) is 5.75 Å². The molecule has 0 unspecified atom stereocenters. The number of allylic oxidation sites excluding steroid dienone is 1. The van der Waals surface area contributed by atoms with Gasteiger partial charge >= 0.3 is 0 Å². The molecule has 1 atom stereocenters. The van der Waals surface area contributed by atoms with Crippen LogP contribution in [0.15, 0.2) is 66.1 Å². The van der Waals surface area contributed by atoms with Crippen molar-refractivity contribution in [2.75, 3.05) is 26.5 Å². The maximum absolute atomic E-state index is 13.0. The predicted molar refractivity (Wildman–Crippen MR) is 121 cm³/mol. The van der Waals surface area contributed by atoms with Crippen LogP contribution in [0, 0.1) is 0 Å². The molecular weight excluding hydrogens is 396 g/mol. The lowest BCUT2D eigenvalue weighted by Crippen LogP contribution is -2.57. The van der Waals surface area contributed by atoms with Crippen molar-refractivity contribution in [2.45, 2.75) is 30.3 Å². The number of thioether (sulfide) groups is 1. The summed E-state index contributed by atoms with van der Waals surface area (Å²) in [6, 6.07) is 15.3. The molecule has 1 fully saturated rings. The second-order valence-corrected chi connectivity index (χ2v) is 8.18. The van der Waals surface area contributed by atoms with Gasteiger partial charge in [-0.15, -0.1) is 18.3 Å². The topological polar surface area (TPSA) is 49.9 Å². The van der Waals surface area contributed by atoms with Gasteiger partial charge in [0.25, 0.3) is 5.91 Å². The molecule has 30 heavy (non-hydrogen) atoms. The van der Waals surface area contributed by atoms with E-state index in [-0.39, 0.29) is 24.4 Å². The highest BCUT2D eigenvalue weighted by Crippen LogP contribution is 2.23. The summed E-state index contributed by atoms with van der Waals surface area (Å²) in [6.07, 6.45) is 5.48. The molecule has 158 valence electrons. The average molecular weight is 425 g/mol. The van der Waals surface area contributed by atoms with Gasteiger partial charge in [-0.25, -0.2) is 0 Å². The average Bonchev–Trinajstić information content (AvgIpc) is 2.79. The molecule has 1 aliphatic rings. The van der Waals surface area contributed by atoms with Gasteiger partial charge in [-0.05, 0) is 61.1 Å². The molecule has 2 aromatic rings. The highest BCUT2D eigenvalue weighted by molar-refractivity contribution is 7.98. The third kappa shape index (κ3) is 5.25. The Morgan fingerprint density at radius 2 is 1.90 bits per heavy atom. The molecule has 1 saturated heterocycles. The third-order valence-corrected chi connectivity index (χ3v) is 6.10. The van der Waals surface area contributed by atoms with Gasteiger partial charge in [-0.3, -0.25) is 9.59 Å². The van der Waals surface area contributed by atoms with Crippen molar-refractivity contribution in [3.05, 3.63) is 72.3 Å². The molecule has 6 heteroatoms. The molecule has 3 rings (SSSR count). The van der Waals surface area contributed by atoms with Crippen LogP contribution in [-0.2, 0) is 11.3 Å². The fourth-order valence-corrected chi connectivity index (χ4v) is 4.06. The van der Waals surface area contributed by atoms with E-state index < -0.39 is 0 Å². The second kappa shape index (κ2) is 10.3. The second-order valence-electron chi connectivity index (χ2n) is 7.30. The van der Waals surface area contributed by atoms with Crippen LogP contribution in [0.4, 0.5) is 0 Å². The number of amides is 2. The summed E-state index contributed by atoms with van der Waals surface area (Å²) in [6.45, 7) is 4.98. The van der Waals surface area contributed by atoms with Crippen LogP contribution in [0.1, 0.15) is 28.8 Å². The molecular formula is C24H28N2O3S. The van der Waals surface area contributed by atoms with E-state index >= 15 is 0 Å². The largest absolute Gasteiger partial charge is 0.497 e. The van der Waals surface area contributed by atoms with Gasteiger partial charge in [0.1, 0.15) is 12.3 Å². The number of carbonyl (C=O) groups is 2. The molecule has 1 aliphatic heterocycles. The molecule has 5 nitrogen and oxygen atoms in total. The van der Waals surface area contributed by atoms with Crippen molar-refractivity contribution in [3.63, 3.8) is 0 Å². The molecule has 0 aromatic heterocycles. The monoisotopic (exact) mass is 424 g/mol. The van der Waals surface area contributed by atoms with E-state index in [0.29, 0.717) is 24.4 Å². The minimum atomic E-state index is -0.126. The number of benzene rings is 2. The van der Waals surface area contributed by atoms with Crippen molar-refractivity contribution in [1.29, 1.82) is 0 Å². The van der Waals surface area contributed by atoms with Gasteiger partial charge in [0.05, 0.1) is 13.2 Å². The number of ether oxygens (including phenoxy) is 1. The zero-order valence-corrected chi connectivity index (χ0v) is 18.4. The van der Waals surface area contributed by atoms with Crippen molar-refractivity contribution >= 4 is 23.6 Å². The maximum atomic E-state index is 13.0. The van der Waals surface area contributed by atoms with Crippen molar-refractivity contribution < 1.29 is 14.3 Å². The molecule has 1 heterocycles. The minimum absolute atomic E-state index is 0.0221. The third-order valence-electron chi connectivity index (χ3n) is 5.36. The zero-order valence-electron chi connectivity index (χ0n) is 17.5. The van der Waals surface area contributed by atoms with E-state index in [2.05, 4.69) is 30.8 Å². The number of carbonyl (C=O) groups excluding carboxylic acids is 2. The van der Waals surface area contributed by atoms with Gasteiger partial charge in [-0.1, -0.05) is 18.2 Å². The molecule has 0 spiro atoms. The fraction of sp³-hybridized carbons (Fsp3) is 0.333. The van der Waals surface area contributed by atoms with E-state index in [9.17, 15) is 9.59 Å². The quantitative estimate of drug-likeness (QED) is 0.470. The molecule has 2 aromatic carbocycles.